The summed E-state index contributed by atoms with van der Waals surface area (Å²) in [6, 6.07) is 0.913. The number of nitrogens with zero attached hydrogens (tertiary/aromatic N) is 1. The second-order valence-electron chi connectivity index (χ2n) is 2.90. The number of nitrogens with one attached hydrogen (secondary N) is 1. The maximum atomic E-state index is 12.8. The Labute approximate surface area is 84.3 Å². The number of aromatic nitrogens is 1. The summed E-state index contributed by atoms with van der Waals surface area (Å²) in [6.07, 6.45) is 1.39. The smallest absolute Gasteiger partial charge is 0.319 e. The van der Waals surface area contributed by atoms with Gasteiger partial charge < -0.3 is 5.32 Å². The van der Waals surface area contributed by atoms with Crippen LogP contribution >= 0.6 is 0 Å². The minimum atomic E-state index is -3.45. The van der Waals surface area contributed by atoms with Gasteiger partial charge in [-0.15, -0.1) is 0 Å². The molecule has 0 aromatic carbocycles. The highest BCUT2D eigenvalue weighted by molar-refractivity contribution is 5.95. The van der Waals surface area contributed by atoms with Crippen LogP contribution < -0.4 is 5.32 Å². The summed E-state index contributed by atoms with van der Waals surface area (Å²) in [7, 11) is 0. The average Bonchev–Trinajstić information content (AvgIpc) is 2.17. The molecule has 1 aromatic rings. The fourth-order valence-electron chi connectivity index (χ4n) is 0.863. The first-order valence-electron chi connectivity index (χ1n) is 4.25. The topological polar surface area (TPSA) is 42.0 Å². The van der Waals surface area contributed by atoms with E-state index in [2.05, 4.69) is 4.98 Å². The molecule has 82 valence electrons. The second kappa shape index (κ2) is 4.29. The lowest BCUT2D eigenvalue weighted by Crippen LogP contribution is -2.33. The van der Waals surface area contributed by atoms with E-state index in [9.17, 15) is 18.0 Å². The minimum absolute atomic E-state index is 0.0897. The van der Waals surface area contributed by atoms with Crippen LogP contribution in [0.1, 0.15) is 13.3 Å². The number of carbonyl (C=O) groups is 1. The molecule has 0 aliphatic carbocycles. The van der Waals surface area contributed by atoms with Crippen molar-refractivity contribution in [3.8, 4) is 0 Å². The first-order chi connectivity index (χ1) is 6.95. The van der Waals surface area contributed by atoms with Crippen molar-refractivity contribution in [3.05, 3.63) is 24.3 Å². The van der Waals surface area contributed by atoms with E-state index in [1.165, 1.54) is 6.92 Å². The Kier molecular flexibility index (Phi) is 3.28. The SMILES string of the molecule is CCC(F)(F)C(=O)Nc1cncc(F)c1. The molecule has 0 saturated carbocycles. The fraction of sp³-hybridized carbons (Fsp3) is 0.333. The monoisotopic (exact) mass is 218 g/mol. The van der Waals surface area contributed by atoms with Crippen molar-refractivity contribution in [2.45, 2.75) is 19.3 Å². The van der Waals surface area contributed by atoms with Crippen LogP contribution in [-0.4, -0.2) is 16.8 Å². The van der Waals surface area contributed by atoms with Gasteiger partial charge >= 0.3 is 5.92 Å². The Bertz CT molecular complexity index is 368. The Morgan fingerprint density at radius 3 is 2.73 bits per heavy atom. The van der Waals surface area contributed by atoms with Crippen molar-refractivity contribution < 1.29 is 18.0 Å². The first-order valence-corrected chi connectivity index (χ1v) is 4.25. The average molecular weight is 218 g/mol. The van der Waals surface area contributed by atoms with Gasteiger partial charge in [-0.25, -0.2) is 4.39 Å². The van der Waals surface area contributed by atoms with E-state index in [0.717, 1.165) is 18.5 Å². The highest BCUT2D eigenvalue weighted by Gasteiger charge is 2.36. The highest BCUT2D eigenvalue weighted by Crippen LogP contribution is 2.20. The van der Waals surface area contributed by atoms with Crippen molar-refractivity contribution in [1.29, 1.82) is 0 Å². The number of carbonyl (C=O) groups excluding carboxylic acids is 1. The molecule has 6 heteroatoms. The number of pyridine rings is 1. The third kappa shape index (κ3) is 2.93. The van der Waals surface area contributed by atoms with Crippen molar-refractivity contribution in [2.24, 2.45) is 0 Å². The van der Waals surface area contributed by atoms with E-state index in [4.69, 9.17) is 0 Å². The predicted octanol–water partition coefficient (Wildman–Crippen LogP) is 2.20. The number of alkyl halides is 2. The Morgan fingerprint density at radius 2 is 2.20 bits per heavy atom. The summed E-state index contributed by atoms with van der Waals surface area (Å²) in [5.74, 6) is -5.61. The predicted molar refractivity (Wildman–Crippen MR) is 48.1 cm³/mol. The molecule has 0 fully saturated rings. The van der Waals surface area contributed by atoms with Gasteiger partial charge in [-0.3, -0.25) is 9.78 Å². The summed E-state index contributed by atoms with van der Waals surface area (Å²) in [5, 5.41) is 1.88. The number of hydrogen-bond donors (Lipinski definition) is 1. The van der Waals surface area contributed by atoms with E-state index in [0.29, 0.717) is 0 Å². The molecule has 0 unspecified atom stereocenters. The molecule has 3 nitrogen and oxygen atoms in total. The maximum absolute atomic E-state index is 12.8. The Balaban J connectivity index is 2.75. The van der Waals surface area contributed by atoms with Gasteiger partial charge in [0.1, 0.15) is 5.82 Å². The van der Waals surface area contributed by atoms with Crippen LogP contribution in [0.25, 0.3) is 0 Å². The van der Waals surface area contributed by atoms with Gasteiger partial charge in [0.25, 0.3) is 5.91 Å². The third-order valence-electron chi connectivity index (χ3n) is 1.74. The van der Waals surface area contributed by atoms with Crippen molar-refractivity contribution in [2.75, 3.05) is 5.32 Å². The summed E-state index contributed by atoms with van der Waals surface area (Å²) in [6.45, 7) is 1.18. The van der Waals surface area contributed by atoms with Crippen LogP contribution in [0.3, 0.4) is 0 Å². The van der Waals surface area contributed by atoms with Gasteiger partial charge in [0, 0.05) is 12.5 Å². The molecule has 0 atom stereocenters. The zero-order chi connectivity index (χ0) is 11.5. The van der Waals surface area contributed by atoms with E-state index < -0.39 is 24.1 Å². The number of hydrogen-bond acceptors (Lipinski definition) is 2. The molecule has 1 amide bonds. The normalized spacial score (nSPS) is 11.2. The van der Waals surface area contributed by atoms with E-state index >= 15 is 0 Å². The van der Waals surface area contributed by atoms with E-state index in [-0.39, 0.29) is 5.69 Å². The lowest BCUT2D eigenvalue weighted by Gasteiger charge is -2.13. The second-order valence-corrected chi connectivity index (χ2v) is 2.90. The van der Waals surface area contributed by atoms with Gasteiger partial charge in [-0.2, -0.15) is 8.78 Å². The largest absolute Gasteiger partial charge is 0.324 e. The molecule has 0 spiro atoms. The lowest BCUT2D eigenvalue weighted by molar-refractivity contribution is -0.139. The van der Waals surface area contributed by atoms with Gasteiger partial charge in [0.15, 0.2) is 0 Å². The molecule has 0 bridgehead atoms. The van der Waals surface area contributed by atoms with Crippen LogP contribution in [0.4, 0.5) is 18.9 Å². The Hall–Kier alpha value is -1.59. The molecule has 0 saturated heterocycles. The molecular formula is C9H9F3N2O. The molecule has 0 radical (unpaired) electrons. The molecule has 15 heavy (non-hydrogen) atoms. The van der Waals surface area contributed by atoms with Crippen molar-refractivity contribution in [3.63, 3.8) is 0 Å². The zero-order valence-corrected chi connectivity index (χ0v) is 7.93. The van der Waals surface area contributed by atoms with Gasteiger partial charge in [-0.1, -0.05) is 6.92 Å². The summed E-state index contributed by atoms with van der Waals surface area (Å²) in [5.41, 5.74) is -0.0897. The van der Waals surface area contributed by atoms with Crippen LogP contribution in [0.15, 0.2) is 18.5 Å². The standard InChI is InChI=1S/C9H9F3N2O/c1-2-9(11,12)8(15)14-7-3-6(10)4-13-5-7/h3-5H,2H2,1H3,(H,14,15). The highest BCUT2D eigenvalue weighted by atomic mass is 19.3. The van der Waals surface area contributed by atoms with Crippen LogP contribution in [-0.2, 0) is 4.79 Å². The first kappa shape index (κ1) is 11.5. The van der Waals surface area contributed by atoms with Crippen LogP contribution in [0, 0.1) is 5.82 Å². The molecule has 1 N–H and O–H groups in total. The van der Waals surface area contributed by atoms with E-state index in [1.54, 1.807) is 0 Å². The van der Waals surface area contributed by atoms with Gasteiger partial charge in [0.2, 0.25) is 0 Å². The number of halogens is 3. The Morgan fingerprint density at radius 1 is 1.53 bits per heavy atom. The van der Waals surface area contributed by atoms with Gasteiger partial charge in [-0.05, 0) is 0 Å². The molecule has 0 aliphatic heterocycles. The van der Waals surface area contributed by atoms with Crippen LogP contribution in [0.5, 0.6) is 0 Å². The number of anilines is 1. The van der Waals surface area contributed by atoms with Crippen LogP contribution in [0.2, 0.25) is 0 Å². The maximum Gasteiger partial charge on any atom is 0.324 e. The molecule has 1 aromatic heterocycles. The zero-order valence-electron chi connectivity index (χ0n) is 7.93. The molecule has 1 rings (SSSR count). The summed E-state index contributed by atoms with van der Waals surface area (Å²) >= 11 is 0. The minimum Gasteiger partial charge on any atom is -0.319 e. The third-order valence-corrected chi connectivity index (χ3v) is 1.74. The molecule has 1 heterocycles. The van der Waals surface area contributed by atoms with Gasteiger partial charge in [0.05, 0.1) is 18.1 Å². The quantitative estimate of drug-likeness (QED) is 0.845. The van der Waals surface area contributed by atoms with E-state index in [1.807, 2.05) is 5.32 Å². The number of amides is 1. The summed E-state index contributed by atoms with van der Waals surface area (Å²) in [4.78, 5) is 14.4. The summed E-state index contributed by atoms with van der Waals surface area (Å²) < 4.78 is 38.2. The van der Waals surface area contributed by atoms with Crippen molar-refractivity contribution in [1.82, 2.24) is 4.98 Å². The molecular weight excluding hydrogens is 209 g/mol. The number of rotatable bonds is 3. The molecule has 0 aliphatic rings. The fourth-order valence-corrected chi connectivity index (χ4v) is 0.863. The van der Waals surface area contributed by atoms with Crippen molar-refractivity contribution >= 4 is 11.6 Å². The lowest BCUT2D eigenvalue weighted by atomic mass is 10.2.